The van der Waals surface area contributed by atoms with Gasteiger partial charge in [-0.05, 0) is 12.3 Å². The van der Waals surface area contributed by atoms with E-state index < -0.39 is 0 Å². The lowest BCUT2D eigenvalue weighted by atomic mass is 10.1. The molecule has 0 N–H and O–H groups in total. The van der Waals surface area contributed by atoms with Crippen molar-refractivity contribution in [2.75, 3.05) is 0 Å². The topological polar surface area (TPSA) is 34.9 Å². The summed E-state index contributed by atoms with van der Waals surface area (Å²) in [5.74, 6) is 1.53. The second-order valence-electron chi connectivity index (χ2n) is 3.78. The third-order valence-electron chi connectivity index (χ3n) is 2.53. The number of nitrogens with zero attached hydrogens (tertiary/aromatic N) is 2. The van der Waals surface area contributed by atoms with Crippen molar-refractivity contribution in [2.24, 2.45) is 5.92 Å². The standard InChI is InChI=1S/C10H14N2O/c1-3-8-5-10(13)12-6-7(2)4-9(12)11-8/h5,7H,3-4,6H2,1-2H3. The molecule has 1 aromatic heterocycles. The number of hydrogen-bond donors (Lipinski definition) is 0. The average molecular weight is 178 g/mol. The third kappa shape index (κ3) is 1.39. The van der Waals surface area contributed by atoms with Crippen LogP contribution in [0.5, 0.6) is 0 Å². The Kier molecular flexibility index (Phi) is 1.94. The van der Waals surface area contributed by atoms with Gasteiger partial charge in [0.2, 0.25) is 0 Å². The van der Waals surface area contributed by atoms with Crippen molar-refractivity contribution in [3.05, 3.63) is 27.9 Å². The lowest BCUT2D eigenvalue weighted by Crippen LogP contribution is -2.21. The van der Waals surface area contributed by atoms with E-state index >= 15 is 0 Å². The van der Waals surface area contributed by atoms with Crippen molar-refractivity contribution >= 4 is 0 Å². The zero-order valence-corrected chi connectivity index (χ0v) is 8.08. The van der Waals surface area contributed by atoms with Gasteiger partial charge in [0.1, 0.15) is 5.82 Å². The molecule has 3 heteroatoms. The molecule has 70 valence electrons. The van der Waals surface area contributed by atoms with Crippen molar-refractivity contribution in [3.63, 3.8) is 0 Å². The van der Waals surface area contributed by atoms with Gasteiger partial charge >= 0.3 is 0 Å². The van der Waals surface area contributed by atoms with Crippen LogP contribution in [0.3, 0.4) is 0 Å². The van der Waals surface area contributed by atoms with E-state index in [1.807, 2.05) is 6.92 Å². The van der Waals surface area contributed by atoms with Gasteiger partial charge in [0, 0.05) is 24.7 Å². The Balaban J connectivity index is 2.53. The summed E-state index contributed by atoms with van der Waals surface area (Å²) in [5.41, 5.74) is 1.04. The Hall–Kier alpha value is -1.12. The molecule has 1 aliphatic heterocycles. The van der Waals surface area contributed by atoms with Gasteiger partial charge in [0.15, 0.2) is 0 Å². The summed E-state index contributed by atoms with van der Waals surface area (Å²) >= 11 is 0. The second kappa shape index (κ2) is 2.98. The quantitative estimate of drug-likeness (QED) is 0.643. The van der Waals surface area contributed by atoms with Gasteiger partial charge in [0.05, 0.1) is 0 Å². The van der Waals surface area contributed by atoms with Crippen LogP contribution in [-0.4, -0.2) is 9.55 Å². The van der Waals surface area contributed by atoms with Crippen molar-refractivity contribution in [1.29, 1.82) is 0 Å². The highest BCUT2D eigenvalue weighted by Crippen LogP contribution is 2.15. The molecule has 1 unspecified atom stereocenters. The Morgan fingerprint density at radius 1 is 1.69 bits per heavy atom. The van der Waals surface area contributed by atoms with E-state index in [4.69, 9.17) is 0 Å². The minimum absolute atomic E-state index is 0.117. The summed E-state index contributed by atoms with van der Waals surface area (Å²) in [6.45, 7) is 5.02. The van der Waals surface area contributed by atoms with Crippen LogP contribution >= 0.6 is 0 Å². The van der Waals surface area contributed by atoms with Crippen LogP contribution in [0.2, 0.25) is 0 Å². The van der Waals surface area contributed by atoms with Crippen LogP contribution < -0.4 is 5.56 Å². The first kappa shape index (κ1) is 8.48. The first-order valence-electron chi connectivity index (χ1n) is 4.80. The number of aryl methyl sites for hydroxylation is 1. The van der Waals surface area contributed by atoms with E-state index in [0.717, 1.165) is 30.9 Å². The summed E-state index contributed by atoms with van der Waals surface area (Å²) in [6, 6.07) is 1.65. The van der Waals surface area contributed by atoms with Gasteiger partial charge in [-0.2, -0.15) is 0 Å². The molecule has 1 aromatic rings. The van der Waals surface area contributed by atoms with Gasteiger partial charge in [-0.3, -0.25) is 9.36 Å². The summed E-state index contributed by atoms with van der Waals surface area (Å²) in [5, 5.41) is 0. The van der Waals surface area contributed by atoms with E-state index in [9.17, 15) is 4.79 Å². The largest absolute Gasteiger partial charge is 0.296 e. The highest BCUT2D eigenvalue weighted by atomic mass is 16.1. The molecule has 2 rings (SSSR count). The number of fused-ring (bicyclic) bond motifs is 1. The summed E-state index contributed by atoms with van der Waals surface area (Å²) in [4.78, 5) is 16.0. The molecule has 0 amide bonds. The lowest BCUT2D eigenvalue weighted by molar-refractivity contribution is 0.556. The first-order valence-corrected chi connectivity index (χ1v) is 4.80. The minimum Gasteiger partial charge on any atom is -0.296 e. The Morgan fingerprint density at radius 3 is 3.15 bits per heavy atom. The van der Waals surface area contributed by atoms with Crippen LogP contribution in [0.4, 0.5) is 0 Å². The fourth-order valence-corrected chi connectivity index (χ4v) is 1.83. The van der Waals surface area contributed by atoms with Crippen molar-refractivity contribution in [1.82, 2.24) is 9.55 Å². The zero-order chi connectivity index (χ0) is 9.42. The molecule has 13 heavy (non-hydrogen) atoms. The van der Waals surface area contributed by atoms with E-state index in [1.54, 1.807) is 10.6 Å². The maximum absolute atomic E-state index is 11.6. The van der Waals surface area contributed by atoms with Gasteiger partial charge in [-0.25, -0.2) is 4.98 Å². The van der Waals surface area contributed by atoms with E-state index in [0.29, 0.717) is 5.92 Å². The van der Waals surface area contributed by atoms with Crippen molar-refractivity contribution in [2.45, 2.75) is 33.2 Å². The van der Waals surface area contributed by atoms with Gasteiger partial charge < -0.3 is 0 Å². The van der Waals surface area contributed by atoms with E-state index in [1.165, 1.54) is 0 Å². The fourth-order valence-electron chi connectivity index (χ4n) is 1.83. The number of rotatable bonds is 1. The van der Waals surface area contributed by atoms with Crippen LogP contribution in [0.1, 0.15) is 25.4 Å². The third-order valence-corrected chi connectivity index (χ3v) is 2.53. The summed E-state index contributed by atoms with van der Waals surface area (Å²) < 4.78 is 1.80. The summed E-state index contributed by atoms with van der Waals surface area (Å²) in [6.07, 6.45) is 1.79. The molecule has 0 saturated carbocycles. The molecule has 0 fully saturated rings. The number of hydrogen-bond acceptors (Lipinski definition) is 2. The molecule has 3 nitrogen and oxygen atoms in total. The molecule has 0 bridgehead atoms. The Bertz CT molecular complexity index is 381. The van der Waals surface area contributed by atoms with Crippen LogP contribution in [0.25, 0.3) is 0 Å². The van der Waals surface area contributed by atoms with Gasteiger partial charge in [0.25, 0.3) is 5.56 Å². The monoisotopic (exact) mass is 178 g/mol. The molecule has 1 atom stereocenters. The lowest BCUT2D eigenvalue weighted by Gasteiger charge is -2.02. The molecule has 0 radical (unpaired) electrons. The normalized spacial score (nSPS) is 20.3. The molecule has 0 spiro atoms. The predicted octanol–water partition coefficient (Wildman–Crippen LogP) is 0.998. The van der Waals surface area contributed by atoms with E-state index in [2.05, 4.69) is 11.9 Å². The predicted molar refractivity (Wildman–Crippen MR) is 50.7 cm³/mol. The van der Waals surface area contributed by atoms with Crippen molar-refractivity contribution < 1.29 is 0 Å². The molecular formula is C10H14N2O. The highest BCUT2D eigenvalue weighted by Gasteiger charge is 2.19. The molecule has 0 aliphatic carbocycles. The van der Waals surface area contributed by atoms with Crippen LogP contribution in [0.15, 0.2) is 10.9 Å². The molecule has 2 heterocycles. The van der Waals surface area contributed by atoms with E-state index in [-0.39, 0.29) is 5.56 Å². The molecule has 0 saturated heterocycles. The SMILES string of the molecule is CCc1cc(=O)n2c(n1)CC(C)C2. The first-order chi connectivity index (χ1) is 6.20. The van der Waals surface area contributed by atoms with Crippen LogP contribution in [0, 0.1) is 5.92 Å². The van der Waals surface area contributed by atoms with Crippen molar-refractivity contribution in [3.8, 4) is 0 Å². The molecule has 0 aromatic carbocycles. The summed E-state index contributed by atoms with van der Waals surface area (Å²) in [7, 11) is 0. The maximum Gasteiger partial charge on any atom is 0.253 e. The number of aromatic nitrogens is 2. The second-order valence-corrected chi connectivity index (χ2v) is 3.78. The maximum atomic E-state index is 11.6. The van der Waals surface area contributed by atoms with Gasteiger partial charge in [-0.15, -0.1) is 0 Å². The minimum atomic E-state index is 0.117. The highest BCUT2D eigenvalue weighted by molar-refractivity contribution is 5.07. The average Bonchev–Trinajstić information content (AvgIpc) is 2.46. The van der Waals surface area contributed by atoms with Crippen LogP contribution in [-0.2, 0) is 19.4 Å². The smallest absolute Gasteiger partial charge is 0.253 e. The Labute approximate surface area is 77.4 Å². The van der Waals surface area contributed by atoms with Gasteiger partial charge in [-0.1, -0.05) is 13.8 Å². The zero-order valence-electron chi connectivity index (χ0n) is 8.08. The molecule has 1 aliphatic rings. The molecular weight excluding hydrogens is 164 g/mol. The Morgan fingerprint density at radius 2 is 2.46 bits per heavy atom. The fraction of sp³-hybridized carbons (Fsp3) is 0.600.